The van der Waals surface area contributed by atoms with Crippen LogP contribution in [0.3, 0.4) is 0 Å². The summed E-state index contributed by atoms with van der Waals surface area (Å²) in [6, 6.07) is 16.4. The van der Waals surface area contributed by atoms with Gasteiger partial charge in [-0.3, -0.25) is 4.90 Å². The quantitative estimate of drug-likeness (QED) is 0.346. The molecule has 7 heteroatoms. The average Bonchev–Trinajstić information content (AvgIpc) is 2.83. The normalized spacial score (nSPS) is 15.0. The van der Waals surface area contributed by atoms with Gasteiger partial charge in [-0.2, -0.15) is 0 Å². The molecule has 1 aliphatic heterocycles. The number of ether oxygens (including phenoxy) is 2. The van der Waals surface area contributed by atoms with Gasteiger partial charge in [0.1, 0.15) is 0 Å². The number of nitrogens with zero attached hydrogens (tertiary/aromatic N) is 3. The highest BCUT2D eigenvalue weighted by molar-refractivity contribution is 5.77. The molecule has 0 aromatic heterocycles. The predicted molar refractivity (Wildman–Crippen MR) is 127 cm³/mol. The Bertz CT molecular complexity index is 820. The summed E-state index contributed by atoms with van der Waals surface area (Å²) in [5.41, 5.74) is 8.36. The van der Waals surface area contributed by atoms with Gasteiger partial charge >= 0.3 is 0 Å². The number of methoxy groups -OCH3 is 2. The zero-order valence-corrected chi connectivity index (χ0v) is 18.7. The van der Waals surface area contributed by atoms with Crippen LogP contribution in [0.15, 0.2) is 53.5 Å². The van der Waals surface area contributed by atoms with E-state index in [0.29, 0.717) is 24.0 Å². The third kappa shape index (κ3) is 7.07. The lowest BCUT2D eigenvalue weighted by Gasteiger charge is -2.36. The van der Waals surface area contributed by atoms with Crippen molar-refractivity contribution in [2.45, 2.75) is 19.4 Å². The van der Waals surface area contributed by atoms with E-state index < -0.39 is 0 Å². The van der Waals surface area contributed by atoms with Crippen LogP contribution in [0.2, 0.25) is 0 Å². The highest BCUT2D eigenvalue weighted by Crippen LogP contribution is 2.27. The molecule has 7 nitrogen and oxygen atoms in total. The van der Waals surface area contributed by atoms with Gasteiger partial charge in [0.05, 0.1) is 20.8 Å². The molecule has 1 aliphatic rings. The summed E-state index contributed by atoms with van der Waals surface area (Å²) in [4.78, 5) is 9.44. The van der Waals surface area contributed by atoms with E-state index in [0.717, 1.165) is 57.7 Å². The Morgan fingerprint density at radius 2 is 1.71 bits per heavy atom. The fourth-order valence-corrected chi connectivity index (χ4v) is 3.76. The van der Waals surface area contributed by atoms with E-state index in [1.165, 1.54) is 5.69 Å². The average molecular weight is 426 g/mol. The molecule has 1 heterocycles. The van der Waals surface area contributed by atoms with Gasteiger partial charge in [0.2, 0.25) is 0 Å². The maximum Gasteiger partial charge on any atom is 0.188 e. The topological polar surface area (TPSA) is 75.4 Å². The maximum atomic E-state index is 6.01. The molecule has 0 saturated carbocycles. The molecule has 3 rings (SSSR count). The standard InChI is InChI=1S/C24H35N5O2/c1-30-22-11-10-20(18-23(22)31-2)19-27-24(25)26-12-6-7-13-28-14-16-29(17-15-28)21-8-4-3-5-9-21/h3-5,8-11,18H,6-7,12-17,19H2,1-2H3,(H3,25,26,27). The lowest BCUT2D eigenvalue weighted by Crippen LogP contribution is -2.46. The zero-order chi connectivity index (χ0) is 21.9. The molecule has 0 bridgehead atoms. The first kappa shape index (κ1) is 22.7. The van der Waals surface area contributed by atoms with Crippen molar-refractivity contribution in [3.8, 4) is 11.5 Å². The Labute approximate surface area is 185 Å². The van der Waals surface area contributed by atoms with Crippen LogP contribution in [0, 0.1) is 0 Å². The molecule has 168 valence electrons. The number of hydrogen-bond donors (Lipinski definition) is 2. The molecule has 31 heavy (non-hydrogen) atoms. The van der Waals surface area contributed by atoms with Gasteiger partial charge in [-0.15, -0.1) is 0 Å². The van der Waals surface area contributed by atoms with Gasteiger partial charge in [0, 0.05) is 38.4 Å². The van der Waals surface area contributed by atoms with Crippen molar-refractivity contribution < 1.29 is 9.47 Å². The van der Waals surface area contributed by atoms with Gasteiger partial charge in [-0.05, 0) is 49.2 Å². The largest absolute Gasteiger partial charge is 0.493 e. The van der Waals surface area contributed by atoms with E-state index in [-0.39, 0.29) is 0 Å². The number of nitrogens with two attached hydrogens (primary N) is 1. The number of para-hydroxylation sites is 1. The van der Waals surface area contributed by atoms with Crippen LogP contribution in [-0.2, 0) is 6.54 Å². The molecule has 0 radical (unpaired) electrons. The second kappa shape index (κ2) is 12.1. The van der Waals surface area contributed by atoms with Gasteiger partial charge in [0.15, 0.2) is 17.5 Å². The number of piperazine rings is 1. The van der Waals surface area contributed by atoms with Gasteiger partial charge in [-0.1, -0.05) is 24.3 Å². The third-order valence-corrected chi connectivity index (χ3v) is 5.58. The van der Waals surface area contributed by atoms with E-state index in [2.05, 4.69) is 50.4 Å². The van der Waals surface area contributed by atoms with Crippen molar-refractivity contribution in [2.75, 3.05) is 58.4 Å². The van der Waals surface area contributed by atoms with E-state index in [1.807, 2.05) is 18.2 Å². The van der Waals surface area contributed by atoms with E-state index in [9.17, 15) is 0 Å². The van der Waals surface area contributed by atoms with Crippen LogP contribution in [0.4, 0.5) is 5.69 Å². The van der Waals surface area contributed by atoms with E-state index >= 15 is 0 Å². The van der Waals surface area contributed by atoms with E-state index in [4.69, 9.17) is 15.2 Å². The van der Waals surface area contributed by atoms with Gasteiger partial charge in [0.25, 0.3) is 0 Å². The van der Waals surface area contributed by atoms with E-state index in [1.54, 1.807) is 14.2 Å². The van der Waals surface area contributed by atoms with Crippen LogP contribution in [0.5, 0.6) is 11.5 Å². The van der Waals surface area contributed by atoms with Crippen molar-refractivity contribution in [2.24, 2.45) is 10.7 Å². The molecule has 0 spiro atoms. The highest BCUT2D eigenvalue weighted by atomic mass is 16.5. The first-order valence-corrected chi connectivity index (χ1v) is 11.0. The highest BCUT2D eigenvalue weighted by Gasteiger charge is 2.16. The van der Waals surface area contributed by atoms with Crippen LogP contribution in [0.1, 0.15) is 18.4 Å². The van der Waals surface area contributed by atoms with Gasteiger partial charge in [-0.25, -0.2) is 4.99 Å². The Morgan fingerprint density at radius 1 is 0.968 bits per heavy atom. The summed E-state index contributed by atoms with van der Waals surface area (Å²) in [7, 11) is 3.26. The summed E-state index contributed by atoms with van der Waals surface area (Å²) < 4.78 is 10.6. The van der Waals surface area contributed by atoms with Crippen LogP contribution in [0.25, 0.3) is 0 Å². The number of benzene rings is 2. The number of aliphatic imine (C=N–C) groups is 1. The van der Waals surface area contributed by atoms with Crippen molar-refractivity contribution in [1.82, 2.24) is 10.2 Å². The number of hydrogen-bond acceptors (Lipinski definition) is 5. The number of anilines is 1. The molecule has 2 aromatic carbocycles. The summed E-state index contributed by atoms with van der Waals surface area (Å²) in [6.07, 6.45) is 2.23. The minimum Gasteiger partial charge on any atom is -0.493 e. The minimum absolute atomic E-state index is 0.478. The summed E-state index contributed by atoms with van der Waals surface area (Å²) in [5.74, 6) is 1.89. The zero-order valence-electron chi connectivity index (χ0n) is 18.7. The second-order valence-electron chi connectivity index (χ2n) is 7.69. The molecular formula is C24H35N5O2. The number of unbranched alkanes of at least 4 members (excludes halogenated alkanes) is 1. The summed E-state index contributed by atoms with van der Waals surface area (Å²) >= 11 is 0. The Kier molecular flexibility index (Phi) is 8.84. The molecule has 0 unspecified atom stereocenters. The molecule has 1 fully saturated rings. The van der Waals surface area contributed by atoms with Crippen molar-refractivity contribution in [3.05, 3.63) is 54.1 Å². The second-order valence-corrected chi connectivity index (χ2v) is 7.69. The maximum absolute atomic E-state index is 6.01. The summed E-state index contributed by atoms with van der Waals surface area (Å²) in [5, 5.41) is 3.22. The predicted octanol–water partition coefficient (Wildman–Crippen LogP) is 2.71. The number of rotatable bonds is 10. The fraction of sp³-hybridized carbons (Fsp3) is 0.458. The summed E-state index contributed by atoms with van der Waals surface area (Å²) in [6.45, 7) is 6.91. The molecule has 2 aromatic rings. The lowest BCUT2D eigenvalue weighted by molar-refractivity contribution is 0.253. The van der Waals surface area contributed by atoms with Crippen molar-refractivity contribution in [3.63, 3.8) is 0 Å². The number of nitrogens with one attached hydrogen (secondary N) is 1. The fourth-order valence-electron chi connectivity index (χ4n) is 3.76. The van der Waals surface area contributed by atoms with Crippen LogP contribution in [-0.4, -0.2) is 64.3 Å². The Morgan fingerprint density at radius 3 is 2.42 bits per heavy atom. The number of guanidine groups is 1. The van der Waals surface area contributed by atoms with Crippen molar-refractivity contribution >= 4 is 11.6 Å². The Balaban J connectivity index is 1.29. The minimum atomic E-state index is 0.478. The smallest absolute Gasteiger partial charge is 0.188 e. The molecule has 0 amide bonds. The first-order chi connectivity index (χ1) is 15.2. The lowest BCUT2D eigenvalue weighted by atomic mass is 10.2. The Hall–Kier alpha value is -2.93. The SMILES string of the molecule is COc1ccc(CN=C(N)NCCCCN2CCN(c3ccccc3)CC2)cc1OC. The van der Waals surface area contributed by atoms with Crippen LogP contribution >= 0.6 is 0 Å². The molecule has 1 saturated heterocycles. The molecular weight excluding hydrogens is 390 g/mol. The van der Waals surface area contributed by atoms with Crippen LogP contribution < -0.4 is 25.4 Å². The third-order valence-electron chi connectivity index (χ3n) is 5.58. The van der Waals surface area contributed by atoms with Crippen molar-refractivity contribution in [1.29, 1.82) is 0 Å². The monoisotopic (exact) mass is 425 g/mol. The first-order valence-electron chi connectivity index (χ1n) is 11.0. The molecule has 0 atom stereocenters. The molecule has 3 N–H and O–H groups in total. The van der Waals surface area contributed by atoms with Gasteiger partial charge < -0.3 is 25.4 Å². The molecule has 0 aliphatic carbocycles.